The maximum absolute atomic E-state index is 13.1. The van der Waals surface area contributed by atoms with Crippen LogP contribution in [0.15, 0.2) is 18.2 Å². The molecule has 2 N–H and O–H groups in total. The molecule has 0 heterocycles. The number of carbonyl (C=O) groups excluding carboxylic acids is 1. The van der Waals surface area contributed by atoms with E-state index in [1.54, 1.807) is 0 Å². The lowest BCUT2D eigenvalue weighted by Gasteiger charge is -2.12. The van der Waals surface area contributed by atoms with Gasteiger partial charge in [0.05, 0.1) is 11.3 Å². The van der Waals surface area contributed by atoms with Gasteiger partial charge in [-0.1, -0.05) is 12.8 Å². The summed E-state index contributed by atoms with van der Waals surface area (Å²) in [6.45, 7) is 0. The number of nitrogens with one attached hydrogen (secondary N) is 1. The van der Waals surface area contributed by atoms with E-state index >= 15 is 0 Å². The lowest BCUT2D eigenvalue weighted by Crippen LogP contribution is -2.21. The van der Waals surface area contributed by atoms with Crippen molar-refractivity contribution in [2.45, 2.75) is 25.7 Å². The van der Waals surface area contributed by atoms with Crippen molar-refractivity contribution in [2.75, 3.05) is 5.32 Å². The van der Waals surface area contributed by atoms with Gasteiger partial charge in [-0.05, 0) is 31.0 Å². The summed E-state index contributed by atoms with van der Waals surface area (Å²) >= 11 is 0. The first-order valence-electron chi connectivity index (χ1n) is 5.91. The Morgan fingerprint density at radius 3 is 2.56 bits per heavy atom. The normalized spacial score (nSPS) is 15.6. The van der Waals surface area contributed by atoms with Crippen molar-refractivity contribution in [2.24, 2.45) is 5.92 Å². The molecule has 1 aromatic rings. The zero-order chi connectivity index (χ0) is 13.1. The fourth-order valence-electron chi connectivity index (χ4n) is 2.23. The zero-order valence-corrected chi connectivity index (χ0v) is 9.78. The molecule has 0 saturated heterocycles. The Morgan fingerprint density at radius 1 is 1.28 bits per heavy atom. The third-order valence-corrected chi connectivity index (χ3v) is 3.20. The molecule has 1 aliphatic rings. The first-order valence-corrected chi connectivity index (χ1v) is 5.91. The van der Waals surface area contributed by atoms with Crippen LogP contribution in [0, 0.1) is 11.7 Å². The van der Waals surface area contributed by atoms with E-state index < -0.39 is 11.8 Å². The summed E-state index contributed by atoms with van der Waals surface area (Å²) in [6.07, 6.45) is 3.63. The van der Waals surface area contributed by atoms with E-state index in [0.717, 1.165) is 43.9 Å². The highest BCUT2D eigenvalue weighted by Crippen LogP contribution is 2.27. The van der Waals surface area contributed by atoms with E-state index in [0.29, 0.717) is 0 Å². The number of carbonyl (C=O) groups is 2. The number of rotatable bonds is 3. The molecule has 0 atom stereocenters. The summed E-state index contributed by atoms with van der Waals surface area (Å²) in [5, 5.41) is 11.5. The smallest absolute Gasteiger partial charge is 0.337 e. The Balaban J connectivity index is 2.19. The minimum absolute atomic E-state index is 0.0272. The van der Waals surface area contributed by atoms with E-state index in [1.807, 2.05) is 0 Å². The second kappa shape index (κ2) is 5.16. The van der Waals surface area contributed by atoms with Gasteiger partial charge in [-0.3, -0.25) is 4.79 Å². The standard InChI is InChI=1S/C13H14FNO3/c14-9-5-6-10(13(17)18)11(7-9)15-12(16)8-3-1-2-4-8/h5-8H,1-4H2,(H,15,16)(H,17,18). The number of carboxylic acid groups (broad SMARTS) is 1. The quantitative estimate of drug-likeness (QED) is 0.867. The molecule has 4 nitrogen and oxygen atoms in total. The van der Waals surface area contributed by atoms with Gasteiger partial charge >= 0.3 is 5.97 Å². The summed E-state index contributed by atoms with van der Waals surface area (Å²) in [5.74, 6) is -2.06. The highest BCUT2D eigenvalue weighted by Gasteiger charge is 2.24. The second-order valence-electron chi connectivity index (χ2n) is 4.47. The number of hydrogen-bond donors (Lipinski definition) is 2. The summed E-state index contributed by atoms with van der Waals surface area (Å²) in [4.78, 5) is 22.8. The SMILES string of the molecule is O=C(O)c1ccc(F)cc1NC(=O)C1CCCC1. The molecule has 1 aromatic carbocycles. The van der Waals surface area contributed by atoms with Crippen molar-refractivity contribution >= 4 is 17.6 Å². The van der Waals surface area contributed by atoms with E-state index in [1.165, 1.54) is 0 Å². The van der Waals surface area contributed by atoms with Crippen molar-refractivity contribution in [3.63, 3.8) is 0 Å². The van der Waals surface area contributed by atoms with Crippen LogP contribution in [-0.2, 0) is 4.79 Å². The molecule has 5 heteroatoms. The summed E-state index contributed by atoms with van der Waals surface area (Å²) in [5.41, 5.74) is -0.0675. The molecule has 0 unspecified atom stereocenters. The Labute approximate surface area is 104 Å². The molecule has 0 bridgehead atoms. The van der Waals surface area contributed by atoms with Gasteiger partial charge in [-0.15, -0.1) is 0 Å². The third kappa shape index (κ3) is 2.67. The summed E-state index contributed by atoms with van der Waals surface area (Å²) < 4.78 is 13.1. The molecule has 1 aliphatic carbocycles. The minimum atomic E-state index is -1.18. The van der Waals surface area contributed by atoms with Crippen molar-refractivity contribution < 1.29 is 19.1 Å². The maximum Gasteiger partial charge on any atom is 0.337 e. The van der Waals surface area contributed by atoms with Crippen LogP contribution in [0.5, 0.6) is 0 Å². The number of anilines is 1. The average molecular weight is 251 g/mol. The molecule has 0 radical (unpaired) electrons. The van der Waals surface area contributed by atoms with Crippen LogP contribution in [-0.4, -0.2) is 17.0 Å². The zero-order valence-electron chi connectivity index (χ0n) is 9.78. The van der Waals surface area contributed by atoms with Gasteiger partial charge in [0.1, 0.15) is 5.82 Å². The van der Waals surface area contributed by atoms with E-state index in [9.17, 15) is 14.0 Å². The number of amides is 1. The first kappa shape index (κ1) is 12.5. The highest BCUT2D eigenvalue weighted by atomic mass is 19.1. The van der Waals surface area contributed by atoms with Crippen LogP contribution in [0.3, 0.4) is 0 Å². The Hall–Kier alpha value is -1.91. The van der Waals surface area contributed by atoms with Gasteiger partial charge in [-0.25, -0.2) is 9.18 Å². The van der Waals surface area contributed by atoms with Crippen LogP contribution in [0.1, 0.15) is 36.0 Å². The van der Waals surface area contributed by atoms with Crippen LogP contribution < -0.4 is 5.32 Å². The van der Waals surface area contributed by atoms with Crippen molar-refractivity contribution in [1.82, 2.24) is 0 Å². The van der Waals surface area contributed by atoms with Gasteiger partial charge in [-0.2, -0.15) is 0 Å². The summed E-state index contributed by atoms with van der Waals surface area (Å²) in [7, 11) is 0. The molecule has 1 fully saturated rings. The Morgan fingerprint density at radius 2 is 1.94 bits per heavy atom. The largest absolute Gasteiger partial charge is 0.478 e. The minimum Gasteiger partial charge on any atom is -0.478 e. The van der Waals surface area contributed by atoms with Crippen LogP contribution >= 0.6 is 0 Å². The lowest BCUT2D eigenvalue weighted by atomic mass is 10.1. The average Bonchev–Trinajstić information content (AvgIpc) is 2.81. The number of aromatic carboxylic acids is 1. The van der Waals surface area contributed by atoms with Crippen LogP contribution in [0.2, 0.25) is 0 Å². The van der Waals surface area contributed by atoms with Crippen LogP contribution in [0.4, 0.5) is 10.1 Å². The fourth-order valence-corrected chi connectivity index (χ4v) is 2.23. The van der Waals surface area contributed by atoms with Crippen molar-refractivity contribution in [3.05, 3.63) is 29.6 Å². The Kier molecular flexibility index (Phi) is 3.60. The van der Waals surface area contributed by atoms with Crippen molar-refractivity contribution in [1.29, 1.82) is 0 Å². The predicted octanol–water partition coefficient (Wildman–Crippen LogP) is 2.65. The predicted molar refractivity (Wildman–Crippen MR) is 63.9 cm³/mol. The van der Waals surface area contributed by atoms with Gasteiger partial charge in [0.15, 0.2) is 0 Å². The molecule has 1 amide bonds. The van der Waals surface area contributed by atoms with Gasteiger partial charge in [0, 0.05) is 5.92 Å². The monoisotopic (exact) mass is 251 g/mol. The molecule has 0 aromatic heterocycles. The van der Waals surface area contributed by atoms with E-state index in [2.05, 4.69) is 5.32 Å². The van der Waals surface area contributed by atoms with Gasteiger partial charge in [0.25, 0.3) is 0 Å². The maximum atomic E-state index is 13.1. The van der Waals surface area contributed by atoms with Gasteiger partial charge in [0.2, 0.25) is 5.91 Å². The number of benzene rings is 1. The molecule has 0 aliphatic heterocycles. The molecular weight excluding hydrogens is 237 g/mol. The molecule has 1 saturated carbocycles. The van der Waals surface area contributed by atoms with E-state index in [-0.39, 0.29) is 23.1 Å². The molecule has 2 rings (SSSR count). The molecule has 96 valence electrons. The topological polar surface area (TPSA) is 66.4 Å². The number of hydrogen-bond acceptors (Lipinski definition) is 2. The van der Waals surface area contributed by atoms with Crippen LogP contribution in [0.25, 0.3) is 0 Å². The number of halogens is 1. The third-order valence-electron chi connectivity index (χ3n) is 3.20. The molecule has 0 spiro atoms. The Bertz CT molecular complexity index is 481. The summed E-state index contributed by atoms with van der Waals surface area (Å²) in [6, 6.07) is 3.26. The van der Waals surface area contributed by atoms with E-state index in [4.69, 9.17) is 5.11 Å². The van der Waals surface area contributed by atoms with Gasteiger partial charge < -0.3 is 10.4 Å². The lowest BCUT2D eigenvalue weighted by molar-refractivity contribution is -0.119. The second-order valence-corrected chi connectivity index (χ2v) is 4.47. The molecular formula is C13H14FNO3. The highest BCUT2D eigenvalue weighted by molar-refractivity contribution is 6.01. The van der Waals surface area contributed by atoms with Crippen molar-refractivity contribution in [3.8, 4) is 0 Å². The fraction of sp³-hybridized carbons (Fsp3) is 0.385. The molecule has 18 heavy (non-hydrogen) atoms. The number of carboxylic acids is 1. The first-order chi connectivity index (χ1) is 8.58.